The Morgan fingerprint density at radius 1 is 1.17 bits per heavy atom. The molecular weight excluding hydrogens is 308 g/mol. The summed E-state index contributed by atoms with van der Waals surface area (Å²) in [5.74, 6) is 0.827. The number of ether oxygens (including phenoxy) is 2. The van der Waals surface area contributed by atoms with E-state index in [0.29, 0.717) is 5.56 Å². The van der Waals surface area contributed by atoms with Gasteiger partial charge < -0.3 is 19.7 Å². The predicted molar refractivity (Wildman–Crippen MR) is 91.5 cm³/mol. The molecule has 7 nitrogen and oxygen atoms in total. The van der Waals surface area contributed by atoms with E-state index in [1.54, 1.807) is 6.20 Å². The Morgan fingerprint density at radius 2 is 1.83 bits per heavy atom. The van der Waals surface area contributed by atoms with E-state index in [4.69, 9.17) is 9.47 Å². The van der Waals surface area contributed by atoms with Crippen molar-refractivity contribution in [3.05, 3.63) is 23.9 Å². The number of carbonyl (C=O) groups is 1. The van der Waals surface area contributed by atoms with E-state index in [1.165, 1.54) is 0 Å². The van der Waals surface area contributed by atoms with Crippen molar-refractivity contribution in [1.29, 1.82) is 0 Å². The minimum absolute atomic E-state index is 0.0724. The molecule has 7 heteroatoms. The number of aromatic nitrogens is 1. The fourth-order valence-corrected chi connectivity index (χ4v) is 3.02. The molecule has 1 unspecified atom stereocenters. The third kappa shape index (κ3) is 4.66. The van der Waals surface area contributed by atoms with Gasteiger partial charge in [-0.2, -0.15) is 0 Å². The van der Waals surface area contributed by atoms with Crippen molar-refractivity contribution >= 4 is 11.7 Å². The predicted octanol–water partition coefficient (Wildman–Crippen LogP) is 0.369. The lowest BCUT2D eigenvalue weighted by Crippen LogP contribution is -2.46. The molecule has 2 saturated heterocycles. The fourth-order valence-electron chi connectivity index (χ4n) is 3.02. The van der Waals surface area contributed by atoms with E-state index in [0.717, 1.165) is 65.0 Å². The number of nitrogens with one attached hydrogen (secondary N) is 1. The number of pyridine rings is 1. The fraction of sp³-hybridized carbons (Fsp3) is 0.647. The van der Waals surface area contributed by atoms with Gasteiger partial charge in [-0.15, -0.1) is 0 Å². The Bertz CT molecular complexity index is 525. The zero-order chi connectivity index (χ0) is 16.8. The molecule has 0 aromatic carbocycles. The minimum Gasteiger partial charge on any atom is -0.379 e. The van der Waals surface area contributed by atoms with E-state index >= 15 is 0 Å². The summed E-state index contributed by atoms with van der Waals surface area (Å²) in [4.78, 5) is 21.3. The lowest BCUT2D eigenvalue weighted by atomic mass is 10.2. The van der Waals surface area contributed by atoms with Gasteiger partial charge in [0, 0.05) is 45.0 Å². The van der Waals surface area contributed by atoms with Gasteiger partial charge in [-0.3, -0.25) is 9.69 Å². The molecule has 2 fully saturated rings. The lowest BCUT2D eigenvalue weighted by molar-refractivity contribution is 0.0342. The first-order chi connectivity index (χ1) is 11.7. The zero-order valence-electron chi connectivity index (χ0n) is 14.2. The molecule has 24 heavy (non-hydrogen) atoms. The van der Waals surface area contributed by atoms with Crippen LogP contribution in [0.1, 0.15) is 17.3 Å². The molecule has 0 radical (unpaired) electrons. The van der Waals surface area contributed by atoms with Crippen LogP contribution < -0.4 is 10.2 Å². The maximum absolute atomic E-state index is 12.4. The van der Waals surface area contributed by atoms with Crippen LogP contribution in [0.3, 0.4) is 0 Å². The van der Waals surface area contributed by atoms with Crippen LogP contribution in [0.4, 0.5) is 5.82 Å². The van der Waals surface area contributed by atoms with E-state index < -0.39 is 0 Å². The molecule has 1 amide bonds. The van der Waals surface area contributed by atoms with Gasteiger partial charge in [-0.25, -0.2) is 4.98 Å². The maximum Gasteiger partial charge on any atom is 0.253 e. The second-order valence-corrected chi connectivity index (χ2v) is 6.29. The van der Waals surface area contributed by atoms with Crippen molar-refractivity contribution < 1.29 is 14.3 Å². The number of hydrogen-bond donors (Lipinski definition) is 1. The SMILES string of the molecule is CC(CN1CCOCC1)NC(=O)c1ccc(N2CCOCC2)nc1. The van der Waals surface area contributed by atoms with Crippen LogP contribution in [-0.2, 0) is 9.47 Å². The average molecular weight is 334 g/mol. The number of amides is 1. The maximum atomic E-state index is 12.4. The highest BCUT2D eigenvalue weighted by molar-refractivity contribution is 5.94. The van der Waals surface area contributed by atoms with Crippen molar-refractivity contribution in [2.45, 2.75) is 13.0 Å². The molecular formula is C17H26N4O3. The summed E-state index contributed by atoms with van der Waals surface area (Å²) in [6.45, 7) is 9.40. The molecule has 2 aliphatic heterocycles. The Balaban J connectivity index is 1.50. The molecule has 1 atom stereocenters. The van der Waals surface area contributed by atoms with Gasteiger partial charge >= 0.3 is 0 Å². The third-order valence-electron chi connectivity index (χ3n) is 4.36. The lowest BCUT2D eigenvalue weighted by Gasteiger charge is -2.29. The molecule has 1 aromatic rings. The van der Waals surface area contributed by atoms with Crippen LogP contribution in [0.2, 0.25) is 0 Å². The summed E-state index contributed by atoms with van der Waals surface area (Å²) in [5.41, 5.74) is 0.598. The van der Waals surface area contributed by atoms with Gasteiger partial charge in [0.2, 0.25) is 0 Å². The first kappa shape index (κ1) is 17.1. The molecule has 0 bridgehead atoms. The second-order valence-electron chi connectivity index (χ2n) is 6.29. The Kier molecular flexibility index (Phi) is 6.01. The molecule has 0 spiro atoms. The first-order valence-electron chi connectivity index (χ1n) is 8.62. The van der Waals surface area contributed by atoms with Crippen molar-refractivity contribution in [3.8, 4) is 0 Å². The molecule has 3 rings (SSSR count). The quantitative estimate of drug-likeness (QED) is 0.839. The van der Waals surface area contributed by atoms with Crippen molar-refractivity contribution in [3.63, 3.8) is 0 Å². The highest BCUT2D eigenvalue weighted by Gasteiger charge is 2.17. The van der Waals surface area contributed by atoms with Gasteiger partial charge in [0.15, 0.2) is 0 Å². The van der Waals surface area contributed by atoms with E-state index in [9.17, 15) is 4.79 Å². The average Bonchev–Trinajstić information content (AvgIpc) is 2.63. The summed E-state index contributed by atoms with van der Waals surface area (Å²) in [6.07, 6.45) is 1.65. The highest BCUT2D eigenvalue weighted by Crippen LogP contribution is 2.13. The molecule has 3 heterocycles. The Hall–Kier alpha value is -1.70. The first-order valence-corrected chi connectivity index (χ1v) is 8.62. The molecule has 2 aliphatic rings. The van der Waals surface area contributed by atoms with Gasteiger partial charge in [0.05, 0.1) is 32.0 Å². The molecule has 1 N–H and O–H groups in total. The molecule has 0 aliphatic carbocycles. The standard InChI is InChI=1S/C17H26N4O3/c1-14(13-20-4-8-23-9-5-20)19-17(22)15-2-3-16(18-12-15)21-6-10-24-11-7-21/h2-3,12,14H,4-11,13H2,1H3,(H,19,22). The van der Waals surface area contributed by atoms with Crippen LogP contribution in [-0.4, -0.2) is 81.0 Å². The van der Waals surface area contributed by atoms with Gasteiger partial charge in [0.25, 0.3) is 5.91 Å². The summed E-state index contributed by atoms with van der Waals surface area (Å²) < 4.78 is 10.7. The minimum atomic E-state index is -0.0724. The van der Waals surface area contributed by atoms with E-state index in [1.807, 2.05) is 19.1 Å². The summed E-state index contributed by atoms with van der Waals surface area (Å²) >= 11 is 0. The molecule has 1 aromatic heterocycles. The number of rotatable bonds is 5. The second kappa shape index (κ2) is 8.41. The Labute approximate surface area is 142 Å². The highest BCUT2D eigenvalue weighted by atomic mass is 16.5. The van der Waals surface area contributed by atoms with Crippen molar-refractivity contribution in [2.75, 3.05) is 64.1 Å². The summed E-state index contributed by atoms with van der Waals surface area (Å²) in [7, 11) is 0. The Morgan fingerprint density at radius 3 is 2.46 bits per heavy atom. The number of hydrogen-bond acceptors (Lipinski definition) is 6. The topological polar surface area (TPSA) is 66.9 Å². The van der Waals surface area contributed by atoms with E-state index in [2.05, 4.69) is 20.1 Å². The number of anilines is 1. The monoisotopic (exact) mass is 334 g/mol. The van der Waals surface area contributed by atoms with Gasteiger partial charge in [0.1, 0.15) is 5.82 Å². The third-order valence-corrected chi connectivity index (χ3v) is 4.36. The summed E-state index contributed by atoms with van der Waals surface area (Å²) in [5, 5.41) is 3.05. The van der Waals surface area contributed by atoms with Crippen molar-refractivity contribution in [1.82, 2.24) is 15.2 Å². The summed E-state index contributed by atoms with van der Waals surface area (Å²) in [6, 6.07) is 3.84. The van der Waals surface area contributed by atoms with Crippen LogP contribution in [0.5, 0.6) is 0 Å². The number of nitrogens with zero attached hydrogens (tertiary/aromatic N) is 3. The van der Waals surface area contributed by atoms with Crippen LogP contribution in [0.15, 0.2) is 18.3 Å². The molecule has 0 saturated carbocycles. The largest absolute Gasteiger partial charge is 0.379 e. The van der Waals surface area contributed by atoms with Crippen LogP contribution >= 0.6 is 0 Å². The zero-order valence-corrected chi connectivity index (χ0v) is 14.2. The van der Waals surface area contributed by atoms with E-state index in [-0.39, 0.29) is 11.9 Å². The van der Waals surface area contributed by atoms with Crippen LogP contribution in [0, 0.1) is 0 Å². The van der Waals surface area contributed by atoms with Gasteiger partial charge in [-0.05, 0) is 19.1 Å². The number of morpholine rings is 2. The van der Waals surface area contributed by atoms with Gasteiger partial charge in [-0.1, -0.05) is 0 Å². The smallest absolute Gasteiger partial charge is 0.253 e. The number of carbonyl (C=O) groups excluding carboxylic acids is 1. The van der Waals surface area contributed by atoms with Crippen molar-refractivity contribution in [2.24, 2.45) is 0 Å². The molecule has 132 valence electrons. The normalized spacial score (nSPS) is 20.6. The van der Waals surface area contributed by atoms with Crippen LogP contribution in [0.25, 0.3) is 0 Å².